The van der Waals surface area contributed by atoms with Crippen LogP contribution < -0.4 is 0 Å². The molecule has 1 N–H and O–H groups in total. The van der Waals surface area contributed by atoms with E-state index in [0.717, 1.165) is 12.0 Å². The van der Waals surface area contributed by atoms with E-state index < -0.39 is 36.0 Å². The van der Waals surface area contributed by atoms with Crippen molar-refractivity contribution >= 4 is 23.6 Å². The number of esters is 1. The van der Waals surface area contributed by atoms with Crippen molar-refractivity contribution in [2.24, 2.45) is 23.7 Å². The first-order valence-corrected chi connectivity index (χ1v) is 11.6. The van der Waals surface area contributed by atoms with Crippen molar-refractivity contribution < 1.29 is 33.9 Å². The predicted molar refractivity (Wildman–Crippen MR) is 115 cm³/mol. The van der Waals surface area contributed by atoms with Gasteiger partial charge in [0, 0.05) is 35.3 Å². The third-order valence-electron chi connectivity index (χ3n) is 7.75. The van der Waals surface area contributed by atoms with Crippen molar-refractivity contribution in [1.82, 2.24) is 0 Å². The number of carbonyl (C=O) groups is 1. The van der Waals surface area contributed by atoms with Crippen LogP contribution in [0.5, 0.6) is 0 Å². The van der Waals surface area contributed by atoms with Gasteiger partial charge < -0.3 is 19.3 Å². The van der Waals surface area contributed by atoms with Crippen LogP contribution in [0.3, 0.4) is 0 Å². The van der Waals surface area contributed by atoms with Gasteiger partial charge >= 0.3 is 5.97 Å². The second-order valence-electron chi connectivity index (χ2n) is 9.67. The van der Waals surface area contributed by atoms with Gasteiger partial charge in [0.2, 0.25) is 12.1 Å². The third kappa shape index (κ3) is 3.50. The average Bonchev–Trinajstić information content (AvgIpc) is 2.99. The lowest BCUT2D eigenvalue weighted by Gasteiger charge is -2.60. The molecule has 5 fully saturated rings. The molecule has 0 amide bonds. The van der Waals surface area contributed by atoms with Crippen LogP contribution in [-0.2, 0) is 28.8 Å². The summed E-state index contributed by atoms with van der Waals surface area (Å²) in [6, 6.07) is 7.24. The smallest absolute Gasteiger partial charge is 0.333 e. The lowest BCUT2D eigenvalue weighted by atomic mass is 9.57. The van der Waals surface area contributed by atoms with Gasteiger partial charge in [0.05, 0.1) is 6.10 Å². The maximum atomic E-state index is 12.6. The molecular weight excluding hydrogens is 436 g/mol. The minimum Gasteiger partial charge on any atom is -0.432 e. The van der Waals surface area contributed by atoms with Gasteiger partial charge in [-0.1, -0.05) is 43.6 Å². The number of halogens is 1. The largest absolute Gasteiger partial charge is 0.432 e. The van der Waals surface area contributed by atoms with Gasteiger partial charge in [-0.3, -0.25) is 0 Å². The fraction of sp³-hybridized carbons (Fsp3) is 0.625. The van der Waals surface area contributed by atoms with Gasteiger partial charge in [0.15, 0.2) is 11.9 Å². The van der Waals surface area contributed by atoms with Crippen LogP contribution in [0.1, 0.15) is 45.6 Å². The lowest BCUT2D eigenvalue weighted by Crippen LogP contribution is -2.72. The molecule has 6 rings (SSSR count). The number of ether oxygens (including phenoxy) is 3. The summed E-state index contributed by atoms with van der Waals surface area (Å²) < 4.78 is 18.2. The minimum absolute atomic E-state index is 0.00444. The Morgan fingerprint density at radius 2 is 2.00 bits per heavy atom. The Hall–Kier alpha value is -1.48. The Balaban J connectivity index is 1.39. The quantitative estimate of drug-likeness (QED) is 0.410. The number of aliphatic hydroxyl groups is 1. The number of fused-ring (bicyclic) bond motifs is 2. The third-order valence-corrected chi connectivity index (χ3v) is 8.09. The highest BCUT2D eigenvalue weighted by atomic mass is 35.5. The van der Waals surface area contributed by atoms with E-state index in [0.29, 0.717) is 17.9 Å². The molecule has 1 aromatic rings. The number of hydrogen-bond acceptors (Lipinski definition) is 7. The Bertz CT molecular complexity index is 917. The molecule has 0 aromatic heterocycles. The normalized spacial score (nSPS) is 45.3. The fourth-order valence-corrected chi connectivity index (χ4v) is 6.08. The highest BCUT2D eigenvalue weighted by molar-refractivity contribution is 6.32. The first-order valence-electron chi connectivity index (χ1n) is 11.2. The van der Waals surface area contributed by atoms with Gasteiger partial charge in [-0.15, -0.1) is 0 Å². The number of hydrogen-bond donors (Lipinski definition) is 1. The molecule has 1 spiro atoms. The van der Waals surface area contributed by atoms with Crippen LogP contribution >= 0.6 is 11.6 Å². The van der Waals surface area contributed by atoms with Crippen molar-refractivity contribution in [2.75, 3.05) is 0 Å². The molecule has 174 valence electrons. The molecule has 1 aromatic carbocycles. The van der Waals surface area contributed by atoms with Crippen LogP contribution in [0.25, 0.3) is 6.08 Å². The molecule has 9 atom stereocenters. The monoisotopic (exact) mass is 464 g/mol. The summed E-state index contributed by atoms with van der Waals surface area (Å²) in [5.41, 5.74) is -0.123. The molecule has 0 radical (unpaired) electrons. The molecule has 8 heteroatoms. The van der Waals surface area contributed by atoms with Gasteiger partial charge in [-0.05, 0) is 43.4 Å². The summed E-state index contributed by atoms with van der Waals surface area (Å²) in [6.45, 7) is 5.81. The van der Waals surface area contributed by atoms with Gasteiger partial charge in [0.1, 0.15) is 0 Å². The van der Waals surface area contributed by atoms with Crippen molar-refractivity contribution in [3.8, 4) is 0 Å². The van der Waals surface area contributed by atoms with Crippen molar-refractivity contribution in [3.05, 3.63) is 40.9 Å². The number of benzene rings is 1. The van der Waals surface area contributed by atoms with Crippen molar-refractivity contribution in [3.63, 3.8) is 0 Å². The van der Waals surface area contributed by atoms with E-state index in [9.17, 15) is 9.90 Å². The molecule has 1 aliphatic carbocycles. The summed E-state index contributed by atoms with van der Waals surface area (Å²) >= 11 is 6.15. The molecule has 7 nitrogen and oxygen atoms in total. The SMILES string of the molecule is C[C@@H]1[C@H](O)C[C@H]2[C@@H](C)[C@H](OC(=O)/C=C/c3ccccc3Cl)O[C@@H]3O[C@@]4(C)CC[C@@H]1[C@]32OO4. The second-order valence-corrected chi connectivity index (χ2v) is 10.1. The number of rotatable bonds is 3. The van der Waals surface area contributed by atoms with E-state index in [-0.39, 0.29) is 23.7 Å². The van der Waals surface area contributed by atoms with Crippen LogP contribution in [0.4, 0.5) is 0 Å². The maximum Gasteiger partial charge on any atom is 0.333 e. The van der Waals surface area contributed by atoms with Gasteiger partial charge in [0.25, 0.3) is 0 Å². The maximum absolute atomic E-state index is 12.6. The highest BCUT2D eigenvalue weighted by Crippen LogP contribution is 2.60. The average molecular weight is 465 g/mol. The van der Waals surface area contributed by atoms with E-state index in [1.165, 1.54) is 6.08 Å². The summed E-state index contributed by atoms with van der Waals surface area (Å²) in [4.78, 5) is 24.4. The van der Waals surface area contributed by atoms with Gasteiger partial charge in [-0.2, -0.15) is 0 Å². The van der Waals surface area contributed by atoms with E-state index >= 15 is 0 Å². The Kier molecular flexibility index (Phi) is 5.63. The zero-order valence-corrected chi connectivity index (χ0v) is 19.2. The van der Waals surface area contributed by atoms with Crippen LogP contribution in [0.15, 0.2) is 30.3 Å². The molecule has 1 saturated carbocycles. The summed E-state index contributed by atoms with van der Waals surface area (Å²) in [6.07, 6.45) is 2.79. The summed E-state index contributed by atoms with van der Waals surface area (Å²) in [5.74, 6) is -1.86. The molecule has 5 aliphatic rings. The van der Waals surface area contributed by atoms with E-state index in [4.69, 9.17) is 35.6 Å². The zero-order chi connectivity index (χ0) is 22.7. The van der Waals surface area contributed by atoms with E-state index in [1.807, 2.05) is 39.0 Å². The van der Waals surface area contributed by atoms with Crippen LogP contribution in [-0.4, -0.2) is 41.1 Å². The molecule has 2 bridgehead atoms. The Morgan fingerprint density at radius 3 is 2.78 bits per heavy atom. The topological polar surface area (TPSA) is 83.5 Å². The molecule has 4 saturated heterocycles. The second kappa shape index (κ2) is 8.08. The zero-order valence-electron chi connectivity index (χ0n) is 18.4. The van der Waals surface area contributed by atoms with Crippen LogP contribution in [0, 0.1) is 23.7 Å². The fourth-order valence-electron chi connectivity index (χ4n) is 5.88. The van der Waals surface area contributed by atoms with Crippen molar-refractivity contribution in [1.29, 1.82) is 0 Å². The first-order chi connectivity index (χ1) is 15.2. The minimum atomic E-state index is -0.943. The molecule has 32 heavy (non-hydrogen) atoms. The standard InChI is InChI=1S/C24H29ClO7/c1-13-16-10-11-23(3)30-22-24(16,32-31-23)17(12-19(13)26)14(2)21(29-22)28-20(27)9-8-15-6-4-5-7-18(15)25/h4-9,13-14,16-17,19,21-22,26H,10-12H2,1-3H3/b9-8+/t13-,14+,16-,17-,19+,21+,22+,23+,24+/m0/s1. The Labute approximate surface area is 192 Å². The predicted octanol–water partition coefficient (Wildman–Crippen LogP) is 4.08. The number of aliphatic hydroxyl groups excluding tert-OH is 1. The molecule has 4 aliphatic heterocycles. The van der Waals surface area contributed by atoms with E-state index in [1.54, 1.807) is 12.1 Å². The van der Waals surface area contributed by atoms with Crippen molar-refractivity contribution in [2.45, 2.75) is 70.1 Å². The molecular formula is C24H29ClO7. The number of carbonyl (C=O) groups excluding carboxylic acids is 1. The highest BCUT2D eigenvalue weighted by Gasteiger charge is 2.71. The molecule has 0 unspecified atom stereocenters. The first kappa shape index (κ1) is 22.3. The Morgan fingerprint density at radius 1 is 1.22 bits per heavy atom. The van der Waals surface area contributed by atoms with E-state index in [2.05, 4.69) is 0 Å². The molecule has 4 heterocycles. The van der Waals surface area contributed by atoms with Crippen LogP contribution in [0.2, 0.25) is 5.02 Å². The summed E-state index contributed by atoms with van der Waals surface area (Å²) in [5, 5.41) is 11.4. The van der Waals surface area contributed by atoms with Gasteiger partial charge in [-0.25, -0.2) is 14.6 Å². The summed E-state index contributed by atoms with van der Waals surface area (Å²) in [7, 11) is 0. The lowest BCUT2D eigenvalue weighted by molar-refractivity contribution is -0.577.